The third-order valence-electron chi connectivity index (χ3n) is 4.27. The van der Waals surface area contributed by atoms with Gasteiger partial charge >= 0.3 is 41.7 Å². The van der Waals surface area contributed by atoms with Crippen LogP contribution in [0.1, 0.15) is 75.1 Å². The number of thioether (sulfide) groups is 1. The van der Waals surface area contributed by atoms with Crippen molar-refractivity contribution in [3.8, 4) is 0 Å². The summed E-state index contributed by atoms with van der Waals surface area (Å²) in [6, 6.07) is 18.1. The molecule has 2 aromatic rings. The molecule has 0 bridgehead atoms. The predicted octanol–water partition coefficient (Wildman–Crippen LogP) is 2.97. The molecule has 0 spiro atoms. The van der Waals surface area contributed by atoms with Crippen LogP contribution in [0.5, 0.6) is 0 Å². The topological polar surface area (TPSA) is 160 Å². The van der Waals surface area contributed by atoms with Gasteiger partial charge in [0.05, 0.1) is 0 Å². The second-order valence-corrected chi connectivity index (χ2v) is 12.9. The first-order valence-corrected chi connectivity index (χ1v) is 16.3. The summed E-state index contributed by atoms with van der Waals surface area (Å²) < 4.78 is 10.1. The molecule has 252 valence electrons. The Bertz CT molecular complexity index is 1120. The first-order chi connectivity index (χ1) is 21.1. The fourth-order valence-electron chi connectivity index (χ4n) is 2.55. The van der Waals surface area contributed by atoms with Gasteiger partial charge in [0.1, 0.15) is 11.2 Å². The van der Waals surface area contributed by atoms with Gasteiger partial charge in [-0.1, -0.05) is 88.4 Å². The van der Waals surface area contributed by atoms with Gasteiger partial charge in [0, 0.05) is 35.3 Å². The summed E-state index contributed by atoms with van der Waals surface area (Å²) in [5, 5.41) is 14.5. The van der Waals surface area contributed by atoms with Crippen LogP contribution in [-0.4, -0.2) is 64.3 Å². The third kappa shape index (κ3) is 33.3. The summed E-state index contributed by atoms with van der Waals surface area (Å²) in [6.07, 6.45) is 0.877. The van der Waals surface area contributed by atoms with Crippen LogP contribution in [0.25, 0.3) is 0 Å². The van der Waals surface area contributed by atoms with Crippen molar-refractivity contribution in [1.29, 1.82) is 0 Å². The van der Waals surface area contributed by atoms with Crippen LogP contribution in [0, 0.1) is 0 Å². The van der Waals surface area contributed by atoms with E-state index in [1.807, 2.05) is 77.9 Å². The molecule has 0 aromatic heterocycles. The Morgan fingerprint density at radius 2 is 1.20 bits per heavy atom. The molecule has 2 aromatic carbocycles. The molecule has 2 rings (SSSR count). The first kappa shape index (κ1) is 48.3. The molecule has 2 amide bonds. The molecule has 46 heavy (non-hydrogen) atoms. The summed E-state index contributed by atoms with van der Waals surface area (Å²) >= 11 is 8.18. The van der Waals surface area contributed by atoms with Gasteiger partial charge in [-0.25, -0.2) is 9.59 Å². The quantitative estimate of drug-likeness (QED) is 0.0626. The third-order valence-corrected chi connectivity index (χ3v) is 6.08. The smallest absolute Gasteiger partial charge is 0.662 e. The van der Waals surface area contributed by atoms with Crippen molar-refractivity contribution in [2.45, 2.75) is 65.6 Å². The van der Waals surface area contributed by atoms with Crippen LogP contribution in [-0.2, 0) is 19.2 Å². The molecule has 0 radical (unpaired) electrons. The minimum Gasteiger partial charge on any atom is -0.662 e. The number of hydrogen-bond donors (Lipinski definition) is 3. The average molecular weight is 756 g/mol. The second kappa shape index (κ2) is 29.1. The maximum Gasteiger partial charge on any atom is 1.00 e. The van der Waals surface area contributed by atoms with Crippen molar-refractivity contribution in [2.75, 3.05) is 24.2 Å². The number of rotatable bonds is 10. The van der Waals surface area contributed by atoms with Crippen molar-refractivity contribution in [3.05, 3.63) is 71.8 Å². The van der Waals surface area contributed by atoms with E-state index in [1.165, 1.54) is 11.8 Å². The van der Waals surface area contributed by atoms with Gasteiger partial charge in [-0.15, -0.1) is 12.6 Å². The fourth-order valence-corrected chi connectivity index (χ4v) is 3.76. The summed E-state index contributed by atoms with van der Waals surface area (Å²) in [4.78, 5) is 55.9. The predicted molar refractivity (Wildman–Crippen MR) is 182 cm³/mol. The number of nitrogens with one attached hydrogen (secondary N) is 2. The molecular weight excluding hydrogens is 711 g/mol. The molecule has 0 saturated carbocycles. The van der Waals surface area contributed by atoms with E-state index in [-0.39, 0.29) is 52.4 Å². The van der Waals surface area contributed by atoms with Gasteiger partial charge in [-0.2, -0.15) is 0 Å². The fraction of sp³-hybridized carbons (Fsp3) is 0.452. The number of thiol groups is 1. The zero-order valence-electron chi connectivity index (χ0n) is 27.5. The maximum atomic E-state index is 11.8. The molecule has 11 nitrogen and oxygen atoms in total. The Hall–Kier alpha value is -2.07. The molecule has 15 heteroatoms. The van der Waals surface area contributed by atoms with Crippen molar-refractivity contribution < 1.29 is 73.1 Å². The number of carbonyl (C=O) groups excluding carboxylic acids is 5. The minimum atomic E-state index is -0.484. The van der Waals surface area contributed by atoms with E-state index in [9.17, 15) is 19.2 Å². The van der Waals surface area contributed by atoms with E-state index >= 15 is 0 Å². The number of alkyl halides is 1. The van der Waals surface area contributed by atoms with E-state index in [0.29, 0.717) is 30.0 Å². The van der Waals surface area contributed by atoms with Gasteiger partial charge in [-0.3, -0.25) is 14.4 Å². The molecule has 0 saturated heterocycles. The summed E-state index contributed by atoms with van der Waals surface area (Å²) in [7, 11) is 0. The Morgan fingerprint density at radius 1 is 0.804 bits per heavy atom. The van der Waals surface area contributed by atoms with Gasteiger partial charge in [-0.05, 0) is 54.4 Å². The Morgan fingerprint density at radius 3 is 1.52 bits per heavy atom. The zero-order valence-corrected chi connectivity index (χ0v) is 32.8. The maximum absolute atomic E-state index is 11.8. The first-order valence-electron chi connectivity index (χ1n) is 13.8. The van der Waals surface area contributed by atoms with Crippen LogP contribution < -0.4 is 45.4 Å². The molecule has 0 aliphatic heterocycles. The number of amides is 2. The van der Waals surface area contributed by atoms with E-state index in [2.05, 4.69) is 44.1 Å². The Balaban J connectivity index is -0.000000605. The zero-order chi connectivity index (χ0) is 34.7. The SMILES string of the molecule is CC(C)(C)OC(=O)NCCCBr.CC(C)(C)OC(=O)NCCCSC(=O)c1ccccc1.O=C(S)c1ccccc1.O=CO[O-].[Na+]. The van der Waals surface area contributed by atoms with Crippen LogP contribution >= 0.6 is 40.3 Å². The number of benzene rings is 2. The molecule has 0 aliphatic rings. The van der Waals surface area contributed by atoms with Crippen molar-refractivity contribution in [2.24, 2.45) is 0 Å². The molecule has 0 fully saturated rings. The Labute approximate surface area is 312 Å². The van der Waals surface area contributed by atoms with E-state index in [0.717, 1.165) is 18.2 Å². The standard InChI is InChI=1S/C15H21NO3S.C8H16BrNO2.C7H6OS.CH2O3.Na/c1-15(2,3)19-14(18)16-10-7-11-20-13(17)12-8-5-4-6-9-12;1-8(2,3)12-7(11)10-6-4-5-9;8-7(9)6-4-2-1-3-5-6;2-1-4-3;/h4-6,8-9H,7,10-11H2,1-3H3,(H,16,18);4-6H2,1-3H3,(H,10,11);1-5H,(H,8,9);1,3H;/q;;;;+1/p-1. The number of hydrogen-bond acceptors (Lipinski definition) is 10. The number of ether oxygens (including phenoxy) is 2. The monoisotopic (exact) mass is 754 g/mol. The van der Waals surface area contributed by atoms with Gasteiger partial charge in [0.25, 0.3) is 6.47 Å². The summed E-state index contributed by atoms with van der Waals surface area (Å²) in [5.74, 6) is 0.670. The van der Waals surface area contributed by atoms with Crippen LogP contribution in [0.3, 0.4) is 0 Å². The second-order valence-electron chi connectivity index (χ2n) is 10.6. The van der Waals surface area contributed by atoms with E-state index < -0.39 is 17.3 Å². The van der Waals surface area contributed by atoms with E-state index in [1.54, 1.807) is 24.3 Å². The van der Waals surface area contributed by atoms with Crippen LogP contribution in [0.15, 0.2) is 60.7 Å². The Kier molecular flexibility index (Phi) is 30.6. The van der Waals surface area contributed by atoms with Crippen molar-refractivity contribution >= 4 is 69.2 Å². The molecule has 0 heterocycles. The van der Waals surface area contributed by atoms with Gasteiger partial charge in [0.15, 0.2) is 0 Å². The summed E-state index contributed by atoms with van der Waals surface area (Å²) in [6.45, 7) is 12.0. The van der Waals surface area contributed by atoms with Crippen LogP contribution in [0.2, 0.25) is 0 Å². The van der Waals surface area contributed by atoms with E-state index in [4.69, 9.17) is 19.5 Å². The minimum absolute atomic E-state index is 0. The average Bonchev–Trinajstić information content (AvgIpc) is 2.97. The number of alkyl carbamates (subject to hydrolysis) is 2. The number of carbonyl (C=O) groups is 5. The van der Waals surface area contributed by atoms with Crippen molar-refractivity contribution in [3.63, 3.8) is 0 Å². The number of halogens is 1. The van der Waals surface area contributed by atoms with Gasteiger partial charge < -0.3 is 30.3 Å². The van der Waals surface area contributed by atoms with Gasteiger partial charge in [0.2, 0.25) is 10.2 Å². The molecule has 0 atom stereocenters. The molecule has 2 N–H and O–H groups in total. The molecule has 0 aliphatic carbocycles. The normalized spacial score (nSPS) is 9.85. The largest absolute Gasteiger partial charge is 1.00 e. The van der Waals surface area contributed by atoms with Crippen molar-refractivity contribution in [1.82, 2.24) is 10.6 Å². The molecule has 0 unspecified atom stereocenters. The summed E-state index contributed by atoms with van der Waals surface area (Å²) in [5.41, 5.74) is 0.457. The van der Waals surface area contributed by atoms with Crippen LogP contribution in [0.4, 0.5) is 9.59 Å². The molecular formula is C31H44BrN2NaO9S2.